The van der Waals surface area contributed by atoms with E-state index in [0.717, 1.165) is 0 Å². The van der Waals surface area contributed by atoms with Crippen molar-refractivity contribution in [2.45, 2.75) is 82.9 Å². The normalized spacial score (nSPS) is 48.5. The van der Waals surface area contributed by atoms with Crippen LogP contribution >= 0.6 is 0 Å². The molecule has 2 aliphatic carbocycles. The molecule has 3 saturated heterocycles. The van der Waals surface area contributed by atoms with Gasteiger partial charge in [-0.2, -0.15) is 0 Å². The summed E-state index contributed by atoms with van der Waals surface area (Å²) in [6.07, 6.45) is 1.37. The van der Waals surface area contributed by atoms with Crippen LogP contribution in [0.1, 0.15) is 65.0 Å². The number of aliphatic carboxylic acids is 1. The van der Waals surface area contributed by atoms with Crippen molar-refractivity contribution >= 4 is 17.7 Å². The van der Waals surface area contributed by atoms with Crippen molar-refractivity contribution in [1.82, 2.24) is 0 Å². The number of epoxide rings is 1. The molecular weight excluding hydrogens is 456 g/mol. The Morgan fingerprint density at radius 3 is 2.49 bits per heavy atom. The summed E-state index contributed by atoms with van der Waals surface area (Å²) in [6.45, 7) is 7.67. The van der Waals surface area contributed by atoms with E-state index in [1.165, 1.54) is 12.5 Å². The van der Waals surface area contributed by atoms with Crippen LogP contribution in [0.4, 0.5) is 0 Å². The first kappa shape index (κ1) is 23.2. The highest BCUT2D eigenvalue weighted by molar-refractivity contribution is 5.92. The summed E-state index contributed by atoms with van der Waals surface area (Å²) in [5.74, 6) is -2.08. The number of carboxylic acid groups (broad SMARTS) is 1. The van der Waals surface area contributed by atoms with E-state index in [1.807, 2.05) is 27.7 Å². The lowest BCUT2D eigenvalue weighted by Gasteiger charge is -2.64. The first-order chi connectivity index (χ1) is 16.4. The number of Topliss-reactive ketones (excluding diaryl/α,β-unsaturated/α-hetero) is 1. The Hall–Kier alpha value is -2.23. The summed E-state index contributed by atoms with van der Waals surface area (Å²) in [7, 11) is 0. The molecule has 0 bridgehead atoms. The van der Waals surface area contributed by atoms with Gasteiger partial charge in [-0.25, -0.2) is 4.79 Å². The molecule has 2 N–H and O–H groups in total. The summed E-state index contributed by atoms with van der Waals surface area (Å²) < 4.78 is 23.4. The molecule has 0 radical (unpaired) electrons. The van der Waals surface area contributed by atoms with Gasteiger partial charge in [-0.3, -0.25) is 9.59 Å². The second-order valence-corrected chi connectivity index (χ2v) is 12.1. The average Bonchev–Trinajstić information content (AvgIpc) is 3.25. The quantitative estimate of drug-likeness (QED) is 0.486. The van der Waals surface area contributed by atoms with Crippen LogP contribution in [-0.4, -0.2) is 58.0 Å². The third-order valence-electron chi connectivity index (χ3n) is 10.6. The van der Waals surface area contributed by atoms with Gasteiger partial charge in [-0.1, -0.05) is 6.92 Å². The minimum atomic E-state index is -1.43. The Labute approximate surface area is 203 Å². The van der Waals surface area contributed by atoms with Crippen LogP contribution in [0.25, 0.3) is 0 Å². The number of carboxylic acids is 1. The van der Waals surface area contributed by atoms with Gasteiger partial charge in [0, 0.05) is 28.7 Å². The van der Waals surface area contributed by atoms with E-state index >= 15 is 0 Å². The molecule has 5 fully saturated rings. The van der Waals surface area contributed by atoms with Crippen molar-refractivity contribution in [3.8, 4) is 0 Å². The molecule has 0 amide bonds. The number of cyclic esters (lactones) is 1. The summed E-state index contributed by atoms with van der Waals surface area (Å²) >= 11 is 0. The van der Waals surface area contributed by atoms with E-state index in [-0.39, 0.29) is 43.0 Å². The highest BCUT2D eigenvalue weighted by Gasteiger charge is 2.87. The number of hydrogen-bond donors (Lipinski definition) is 2. The molecule has 190 valence electrons. The molecule has 4 heterocycles. The zero-order valence-electron chi connectivity index (χ0n) is 20.4. The maximum absolute atomic E-state index is 14.2. The van der Waals surface area contributed by atoms with Gasteiger partial charge >= 0.3 is 11.9 Å². The predicted octanol–water partition coefficient (Wildman–Crippen LogP) is 2.66. The fourth-order valence-corrected chi connectivity index (χ4v) is 8.99. The number of hydrogen-bond acceptors (Lipinski definition) is 8. The van der Waals surface area contributed by atoms with Crippen LogP contribution in [0, 0.1) is 28.1 Å². The summed E-state index contributed by atoms with van der Waals surface area (Å²) in [5, 5.41) is 21.7. The Balaban J connectivity index is 1.53. The Morgan fingerprint density at radius 2 is 1.86 bits per heavy atom. The smallest absolute Gasteiger partial charge is 0.335 e. The maximum atomic E-state index is 14.2. The molecule has 35 heavy (non-hydrogen) atoms. The number of carbonyl (C=O) groups is 3. The van der Waals surface area contributed by atoms with Crippen LogP contribution in [-0.2, 0) is 28.6 Å². The molecular formula is C26H32O9. The average molecular weight is 489 g/mol. The maximum Gasteiger partial charge on any atom is 0.335 e. The molecule has 9 heteroatoms. The largest absolute Gasteiger partial charge is 0.479 e. The lowest BCUT2D eigenvalue weighted by Crippen LogP contribution is -2.71. The second kappa shape index (κ2) is 6.75. The van der Waals surface area contributed by atoms with Crippen LogP contribution in [0.15, 0.2) is 23.0 Å². The van der Waals surface area contributed by atoms with Crippen LogP contribution in [0.3, 0.4) is 0 Å². The minimum Gasteiger partial charge on any atom is -0.479 e. The number of furan rings is 1. The van der Waals surface area contributed by atoms with Gasteiger partial charge in [0.1, 0.15) is 18.0 Å². The molecule has 1 aromatic heterocycles. The van der Waals surface area contributed by atoms with Crippen molar-refractivity contribution in [2.75, 3.05) is 6.61 Å². The number of ketones is 1. The zero-order valence-corrected chi connectivity index (χ0v) is 20.4. The van der Waals surface area contributed by atoms with E-state index in [2.05, 4.69) is 0 Å². The van der Waals surface area contributed by atoms with Gasteiger partial charge in [-0.15, -0.1) is 0 Å². The van der Waals surface area contributed by atoms with E-state index in [4.69, 9.17) is 18.6 Å². The van der Waals surface area contributed by atoms with Crippen LogP contribution < -0.4 is 0 Å². The standard InChI is InChI=1S/C26H32O9/c1-22(2)15-9-16(27)24(4)14(25(15)12-33-18(28)10-17(25)34-22)5-7-23(3,19(29)13-6-8-32-11-13)26(24)20(35-26)21(30)31/h6,8,11,14-15,17,19-20,29H,5,7,9-10,12H2,1-4H3,(H,30,31)/t14?,15?,17?,19-,20?,23+,24-,25?,26?/m0/s1. The van der Waals surface area contributed by atoms with Crippen molar-refractivity contribution in [2.24, 2.45) is 28.1 Å². The Bertz CT molecular complexity index is 1110. The Kier molecular flexibility index (Phi) is 4.47. The molecule has 0 aromatic carbocycles. The molecule has 9 nitrogen and oxygen atoms in total. The number of rotatable bonds is 3. The minimum absolute atomic E-state index is 0.0820. The zero-order chi connectivity index (χ0) is 25.2. The van der Waals surface area contributed by atoms with Crippen LogP contribution in [0.2, 0.25) is 0 Å². The topological polar surface area (TPSA) is 136 Å². The van der Waals surface area contributed by atoms with Gasteiger partial charge in [0.25, 0.3) is 0 Å². The molecule has 2 saturated carbocycles. The predicted molar refractivity (Wildman–Crippen MR) is 118 cm³/mol. The molecule has 6 unspecified atom stereocenters. The fourth-order valence-electron chi connectivity index (χ4n) is 8.99. The number of ether oxygens (including phenoxy) is 3. The van der Waals surface area contributed by atoms with Gasteiger partial charge in [0.05, 0.1) is 42.2 Å². The summed E-state index contributed by atoms with van der Waals surface area (Å²) in [6, 6.07) is 1.65. The Morgan fingerprint density at radius 1 is 1.11 bits per heavy atom. The number of aliphatic hydroxyl groups excluding tert-OH is 1. The molecule has 5 aliphatic rings. The van der Waals surface area contributed by atoms with Gasteiger partial charge in [0.15, 0.2) is 6.10 Å². The summed E-state index contributed by atoms with van der Waals surface area (Å²) in [4.78, 5) is 38.9. The fraction of sp³-hybridized carbons (Fsp3) is 0.731. The first-order valence-corrected chi connectivity index (χ1v) is 12.3. The van der Waals surface area contributed by atoms with E-state index in [1.54, 1.807) is 6.07 Å². The van der Waals surface area contributed by atoms with E-state index < -0.39 is 51.7 Å². The molecule has 6 rings (SSSR count). The van der Waals surface area contributed by atoms with E-state index in [9.17, 15) is 24.6 Å². The third-order valence-corrected chi connectivity index (χ3v) is 10.6. The van der Waals surface area contributed by atoms with Crippen molar-refractivity contribution in [3.05, 3.63) is 24.2 Å². The number of esters is 1. The molecule has 3 aliphatic heterocycles. The monoisotopic (exact) mass is 488 g/mol. The number of carbonyl (C=O) groups excluding carboxylic acids is 2. The van der Waals surface area contributed by atoms with Gasteiger partial charge in [-0.05, 0) is 45.6 Å². The van der Waals surface area contributed by atoms with Gasteiger partial charge in [0.2, 0.25) is 0 Å². The van der Waals surface area contributed by atoms with E-state index in [0.29, 0.717) is 18.4 Å². The highest BCUT2D eigenvalue weighted by atomic mass is 16.6. The number of fused-ring (bicyclic) bond motifs is 2. The molecule has 9 atom stereocenters. The SMILES string of the molecule is CC1(C)OC2CC(=O)OCC23C1CC(=O)[C@]1(C)C3CC[C@](C)([C@@H](O)c2ccoc2)C12OC2C(=O)O. The van der Waals surface area contributed by atoms with Crippen molar-refractivity contribution in [1.29, 1.82) is 0 Å². The molecule has 1 aromatic rings. The lowest BCUT2D eigenvalue weighted by molar-refractivity contribution is -0.218. The van der Waals surface area contributed by atoms with Crippen LogP contribution in [0.5, 0.6) is 0 Å². The summed E-state index contributed by atoms with van der Waals surface area (Å²) in [5.41, 5.74) is -4.49. The number of aliphatic hydroxyl groups is 1. The molecule has 2 spiro atoms. The highest BCUT2D eigenvalue weighted by Crippen LogP contribution is 2.78. The first-order valence-electron chi connectivity index (χ1n) is 12.3. The van der Waals surface area contributed by atoms with Crippen molar-refractivity contribution in [3.63, 3.8) is 0 Å². The second-order valence-electron chi connectivity index (χ2n) is 12.1. The lowest BCUT2D eigenvalue weighted by atomic mass is 9.37. The third kappa shape index (κ3) is 2.47. The van der Waals surface area contributed by atoms with Crippen molar-refractivity contribution < 1.29 is 43.2 Å². The van der Waals surface area contributed by atoms with Gasteiger partial charge < -0.3 is 28.8 Å².